The summed E-state index contributed by atoms with van der Waals surface area (Å²) in [6.45, 7) is 1.91. The molecule has 1 aliphatic heterocycles. The van der Waals surface area contributed by atoms with Crippen LogP contribution in [0.15, 0.2) is 68.7 Å². The third-order valence-corrected chi connectivity index (χ3v) is 6.04. The molecule has 2 aromatic carbocycles. The minimum Gasteiger partial charge on any atom is -0.497 e. The van der Waals surface area contributed by atoms with Crippen LogP contribution >= 0.6 is 27.7 Å². The number of nitrogens with zero attached hydrogens (tertiary/aromatic N) is 1. The minimum absolute atomic E-state index is 0.0230. The number of hydrogen-bond donors (Lipinski definition) is 1. The molecule has 0 radical (unpaired) electrons. The number of allylic oxidation sites excluding steroid dienone is 2. The lowest BCUT2D eigenvalue weighted by Gasteiger charge is -2.06. The molecule has 3 aromatic rings. The maximum absolute atomic E-state index is 13.2. The molecular formula is C22H15BrN2O3S. The molecule has 29 heavy (non-hydrogen) atoms. The van der Waals surface area contributed by atoms with Gasteiger partial charge in [0.05, 0.1) is 7.11 Å². The number of fused-ring (bicyclic) bond motifs is 1. The molecule has 0 amide bonds. The zero-order chi connectivity index (χ0) is 20.5. The maximum atomic E-state index is 13.2. The first-order valence-electron chi connectivity index (χ1n) is 8.68. The number of aromatic nitrogens is 1. The van der Waals surface area contributed by atoms with Gasteiger partial charge in [-0.25, -0.2) is 0 Å². The Morgan fingerprint density at radius 1 is 1.24 bits per heavy atom. The van der Waals surface area contributed by atoms with E-state index < -0.39 is 0 Å². The van der Waals surface area contributed by atoms with Gasteiger partial charge in [-0.15, -0.1) is 0 Å². The number of carbonyl (C=O) groups excluding carboxylic acids is 1. The van der Waals surface area contributed by atoms with E-state index in [1.807, 2.05) is 49.4 Å². The Balaban J connectivity index is 1.71. The second kappa shape index (κ2) is 7.82. The number of ketones is 1. The topological polar surface area (TPSA) is 75.1 Å². The van der Waals surface area contributed by atoms with Gasteiger partial charge in [-0.2, -0.15) is 5.26 Å². The molecule has 0 atom stereocenters. The molecule has 0 aliphatic carbocycles. The van der Waals surface area contributed by atoms with Crippen molar-refractivity contribution in [2.75, 3.05) is 7.11 Å². The van der Waals surface area contributed by atoms with E-state index in [9.17, 15) is 10.1 Å². The Kier molecular flexibility index (Phi) is 5.22. The molecule has 1 aliphatic rings. The maximum Gasteiger partial charge on any atom is 0.210 e. The lowest BCUT2D eigenvalue weighted by Crippen LogP contribution is -2.04. The Morgan fingerprint density at radius 2 is 2.00 bits per heavy atom. The summed E-state index contributed by atoms with van der Waals surface area (Å²) in [6.07, 6.45) is 1.61. The molecular weight excluding hydrogens is 452 g/mol. The fourth-order valence-electron chi connectivity index (χ4n) is 3.07. The summed E-state index contributed by atoms with van der Waals surface area (Å²) in [6, 6.07) is 15.1. The molecule has 5 nitrogen and oxygen atoms in total. The van der Waals surface area contributed by atoms with Gasteiger partial charge in [0, 0.05) is 37.6 Å². The third kappa shape index (κ3) is 3.57. The average Bonchev–Trinajstić information content (AvgIpc) is 3.32. The van der Waals surface area contributed by atoms with Crippen LogP contribution in [-0.2, 0) is 4.74 Å². The lowest BCUT2D eigenvalue weighted by atomic mass is 10.0. The number of methoxy groups -OCH3 is 1. The average molecular weight is 467 g/mol. The summed E-state index contributed by atoms with van der Waals surface area (Å²) in [7, 11) is 1.57. The molecule has 144 valence electrons. The summed E-state index contributed by atoms with van der Waals surface area (Å²) in [5, 5.41) is 10.7. The van der Waals surface area contributed by atoms with Gasteiger partial charge in [-0.3, -0.25) is 4.79 Å². The van der Waals surface area contributed by atoms with Crippen molar-refractivity contribution in [3.05, 3.63) is 79.8 Å². The number of halogens is 1. The van der Waals surface area contributed by atoms with Crippen molar-refractivity contribution in [3.63, 3.8) is 0 Å². The van der Waals surface area contributed by atoms with E-state index in [1.54, 1.807) is 19.4 Å². The van der Waals surface area contributed by atoms with Crippen LogP contribution in [0.1, 0.15) is 22.8 Å². The highest BCUT2D eigenvalue weighted by atomic mass is 79.9. The van der Waals surface area contributed by atoms with Gasteiger partial charge in [0.2, 0.25) is 5.78 Å². The van der Waals surface area contributed by atoms with Crippen LogP contribution in [0.3, 0.4) is 0 Å². The fraction of sp³-hybridized carbons (Fsp3) is 0.0909. The first kappa shape index (κ1) is 19.4. The molecule has 0 saturated heterocycles. The van der Waals surface area contributed by atoms with Crippen LogP contribution in [0.25, 0.3) is 16.7 Å². The fourth-order valence-corrected chi connectivity index (χ4v) is 4.23. The lowest BCUT2D eigenvalue weighted by molar-refractivity contribution is 0.103. The molecule has 2 heterocycles. The highest BCUT2D eigenvalue weighted by Gasteiger charge is 2.28. The van der Waals surface area contributed by atoms with Gasteiger partial charge in [0.1, 0.15) is 23.2 Å². The summed E-state index contributed by atoms with van der Waals surface area (Å²) in [5.74, 6) is 0.900. The predicted octanol–water partition coefficient (Wildman–Crippen LogP) is 6.01. The number of hydrogen-bond acceptors (Lipinski definition) is 5. The summed E-state index contributed by atoms with van der Waals surface area (Å²) < 4.78 is 12.2. The Hall–Kier alpha value is -2.95. The van der Waals surface area contributed by atoms with Crippen LogP contribution in [0.4, 0.5) is 0 Å². The molecule has 0 spiro atoms. The van der Waals surface area contributed by atoms with E-state index >= 15 is 0 Å². The zero-order valence-corrected chi connectivity index (χ0v) is 18.0. The monoisotopic (exact) mass is 466 g/mol. The standard InChI is InChI=1S/C22H15BrN2O3S/c1-12-21(13-3-5-14(23)6-4-13)28-22(29-12)17(10-24)20(26)18-11-25-19-8-7-15(27-2)9-16(18)19/h3-9,11,25H,1-2H3/b22-17-. The molecule has 0 saturated carbocycles. The van der Waals surface area contributed by atoms with Crippen molar-refractivity contribution in [2.24, 2.45) is 0 Å². The molecule has 1 aromatic heterocycles. The van der Waals surface area contributed by atoms with Gasteiger partial charge in [0.15, 0.2) is 5.09 Å². The van der Waals surface area contributed by atoms with E-state index in [1.165, 1.54) is 11.8 Å². The number of carbonyl (C=O) groups is 1. The van der Waals surface area contributed by atoms with Crippen LogP contribution < -0.4 is 4.74 Å². The largest absolute Gasteiger partial charge is 0.497 e. The third-order valence-electron chi connectivity index (χ3n) is 4.54. The van der Waals surface area contributed by atoms with Gasteiger partial charge in [0.25, 0.3) is 0 Å². The zero-order valence-electron chi connectivity index (χ0n) is 15.6. The number of Topliss-reactive ketones (excluding diaryl/α,β-unsaturated/α-hetero) is 1. The van der Waals surface area contributed by atoms with E-state index in [0.717, 1.165) is 20.5 Å². The molecule has 0 bridgehead atoms. The van der Waals surface area contributed by atoms with Crippen molar-refractivity contribution in [3.8, 4) is 11.8 Å². The SMILES string of the molecule is COc1ccc2[nH]cc(C(=O)/C(C#N)=C3/OC(c4ccc(Br)cc4)=C(C)S3)c2c1. The Bertz CT molecular complexity index is 1230. The number of benzene rings is 2. The number of rotatable bonds is 4. The number of thioether (sulfide) groups is 1. The van der Waals surface area contributed by atoms with Crippen molar-refractivity contribution in [1.82, 2.24) is 4.98 Å². The van der Waals surface area contributed by atoms with Crippen LogP contribution in [0, 0.1) is 11.3 Å². The number of aromatic amines is 1. The first-order chi connectivity index (χ1) is 14.0. The van der Waals surface area contributed by atoms with E-state index in [0.29, 0.717) is 27.5 Å². The normalized spacial score (nSPS) is 15.2. The molecule has 0 unspecified atom stereocenters. The van der Waals surface area contributed by atoms with Gasteiger partial charge in [-0.1, -0.05) is 39.8 Å². The second-order valence-electron chi connectivity index (χ2n) is 6.31. The highest BCUT2D eigenvalue weighted by Crippen LogP contribution is 2.44. The highest BCUT2D eigenvalue weighted by molar-refractivity contribution is 9.10. The number of ether oxygens (including phenoxy) is 2. The van der Waals surface area contributed by atoms with Gasteiger partial charge < -0.3 is 14.5 Å². The minimum atomic E-state index is -0.389. The van der Waals surface area contributed by atoms with Crippen molar-refractivity contribution in [1.29, 1.82) is 5.26 Å². The number of nitrogens with one attached hydrogen (secondary N) is 1. The first-order valence-corrected chi connectivity index (χ1v) is 10.3. The van der Waals surface area contributed by atoms with Crippen molar-refractivity contribution in [2.45, 2.75) is 6.92 Å². The summed E-state index contributed by atoms with van der Waals surface area (Å²) >= 11 is 4.71. The van der Waals surface area contributed by atoms with Crippen LogP contribution in [0.5, 0.6) is 5.75 Å². The van der Waals surface area contributed by atoms with Crippen molar-refractivity contribution < 1.29 is 14.3 Å². The second-order valence-corrected chi connectivity index (χ2v) is 8.42. The van der Waals surface area contributed by atoms with Gasteiger partial charge in [-0.05, 0) is 37.3 Å². The predicted molar refractivity (Wildman–Crippen MR) is 117 cm³/mol. The summed E-state index contributed by atoms with van der Waals surface area (Å²) in [4.78, 5) is 17.1. The van der Waals surface area contributed by atoms with Crippen molar-refractivity contribution >= 4 is 50.1 Å². The number of H-pyrrole nitrogens is 1. The number of nitriles is 1. The molecule has 1 N–H and O–H groups in total. The van der Waals surface area contributed by atoms with Crippen LogP contribution in [-0.4, -0.2) is 17.9 Å². The van der Waals surface area contributed by atoms with E-state index in [2.05, 4.69) is 20.9 Å². The molecule has 7 heteroatoms. The molecule has 4 rings (SSSR count). The Morgan fingerprint density at radius 3 is 2.69 bits per heavy atom. The van der Waals surface area contributed by atoms with E-state index in [-0.39, 0.29) is 11.4 Å². The smallest absolute Gasteiger partial charge is 0.210 e. The summed E-state index contributed by atoms with van der Waals surface area (Å²) in [5.41, 5.74) is 2.06. The van der Waals surface area contributed by atoms with Crippen LogP contribution in [0.2, 0.25) is 0 Å². The van der Waals surface area contributed by atoms with E-state index in [4.69, 9.17) is 9.47 Å². The Labute approximate surface area is 180 Å². The van der Waals surface area contributed by atoms with Gasteiger partial charge >= 0.3 is 0 Å². The molecule has 0 fully saturated rings. The quantitative estimate of drug-likeness (QED) is 0.289.